The van der Waals surface area contributed by atoms with Gasteiger partial charge in [-0.1, -0.05) is 13.0 Å². The van der Waals surface area contributed by atoms with Crippen molar-refractivity contribution in [2.24, 2.45) is 4.99 Å². The van der Waals surface area contributed by atoms with E-state index < -0.39 is 0 Å². The van der Waals surface area contributed by atoms with E-state index in [2.05, 4.69) is 27.5 Å². The molecule has 0 fully saturated rings. The number of thiazole rings is 1. The largest absolute Gasteiger partial charge is 0.356 e. The molecule has 2 rings (SSSR count). The Hall–Kier alpha value is -0.870. The first-order valence-electron chi connectivity index (χ1n) is 8.30. The average Bonchev–Trinajstić information content (AvgIpc) is 3.07. The van der Waals surface area contributed by atoms with Gasteiger partial charge in [0.05, 0.1) is 5.01 Å². The number of aryl methyl sites for hydroxylation is 1. The standard InChI is InChI=1S/C18H25FN4S2.HI/c1-4-16-11-22-17(25-16)7-8-21-18(20-2)23-10-13-5-6-15(19)9-14(13)12-24-3;/h5-6,9,11H,4,7-8,10,12H2,1-3H3,(H2,20,21,23);1H. The summed E-state index contributed by atoms with van der Waals surface area (Å²) in [5, 5.41) is 7.74. The Bertz CT molecular complexity index is 706. The van der Waals surface area contributed by atoms with Crippen LogP contribution in [-0.4, -0.2) is 30.8 Å². The summed E-state index contributed by atoms with van der Waals surface area (Å²) in [4.78, 5) is 9.99. The van der Waals surface area contributed by atoms with Gasteiger partial charge in [-0.25, -0.2) is 9.37 Å². The number of nitrogens with one attached hydrogen (secondary N) is 2. The van der Waals surface area contributed by atoms with Crippen LogP contribution in [0.15, 0.2) is 29.4 Å². The molecule has 0 aliphatic heterocycles. The highest BCUT2D eigenvalue weighted by Gasteiger charge is 2.06. The number of benzene rings is 1. The van der Waals surface area contributed by atoms with Crippen LogP contribution >= 0.6 is 47.1 Å². The Morgan fingerprint density at radius 3 is 2.77 bits per heavy atom. The van der Waals surface area contributed by atoms with Crippen LogP contribution < -0.4 is 10.6 Å². The molecule has 0 atom stereocenters. The van der Waals surface area contributed by atoms with Gasteiger partial charge in [0.25, 0.3) is 0 Å². The Kier molecular flexibility index (Phi) is 11.1. The van der Waals surface area contributed by atoms with E-state index in [1.807, 2.05) is 18.5 Å². The number of nitrogens with zero attached hydrogens (tertiary/aromatic N) is 2. The quantitative estimate of drug-likeness (QED) is 0.318. The van der Waals surface area contributed by atoms with Crippen molar-refractivity contribution < 1.29 is 4.39 Å². The van der Waals surface area contributed by atoms with Crippen LogP contribution in [0.25, 0.3) is 0 Å². The number of halogens is 2. The number of rotatable bonds is 8. The SMILES string of the molecule is CCc1cnc(CCNC(=NC)NCc2ccc(F)cc2CSC)s1.I. The highest BCUT2D eigenvalue weighted by molar-refractivity contribution is 14.0. The second-order valence-electron chi connectivity index (χ2n) is 5.52. The minimum atomic E-state index is -0.190. The molecule has 0 radical (unpaired) electrons. The third-order valence-electron chi connectivity index (χ3n) is 3.72. The van der Waals surface area contributed by atoms with Crippen molar-refractivity contribution in [1.29, 1.82) is 0 Å². The summed E-state index contributed by atoms with van der Waals surface area (Å²) in [5.74, 6) is 1.35. The summed E-state index contributed by atoms with van der Waals surface area (Å²) < 4.78 is 13.4. The molecule has 0 unspecified atom stereocenters. The predicted molar refractivity (Wildman–Crippen MR) is 122 cm³/mol. The first-order chi connectivity index (χ1) is 12.2. The van der Waals surface area contributed by atoms with E-state index >= 15 is 0 Å². The van der Waals surface area contributed by atoms with Gasteiger partial charge in [0.15, 0.2) is 5.96 Å². The molecule has 144 valence electrons. The van der Waals surface area contributed by atoms with Crippen molar-refractivity contribution in [3.8, 4) is 0 Å². The zero-order chi connectivity index (χ0) is 18.1. The van der Waals surface area contributed by atoms with E-state index in [0.29, 0.717) is 6.54 Å². The summed E-state index contributed by atoms with van der Waals surface area (Å²) in [6.07, 6.45) is 5.88. The maximum absolute atomic E-state index is 13.4. The molecule has 0 saturated heterocycles. The lowest BCUT2D eigenvalue weighted by Crippen LogP contribution is -2.38. The summed E-state index contributed by atoms with van der Waals surface area (Å²) >= 11 is 3.45. The topological polar surface area (TPSA) is 49.3 Å². The van der Waals surface area contributed by atoms with Gasteiger partial charge in [0.1, 0.15) is 5.82 Å². The normalized spacial score (nSPS) is 11.2. The van der Waals surface area contributed by atoms with E-state index in [0.717, 1.165) is 47.2 Å². The molecule has 1 aromatic heterocycles. The van der Waals surface area contributed by atoms with E-state index in [4.69, 9.17) is 0 Å². The van der Waals surface area contributed by atoms with E-state index in [1.54, 1.807) is 36.2 Å². The van der Waals surface area contributed by atoms with Crippen molar-refractivity contribution in [3.63, 3.8) is 0 Å². The van der Waals surface area contributed by atoms with Crippen LogP contribution in [0.5, 0.6) is 0 Å². The van der Waals surface area contributed by atoms with E-state index in [9.17, 15) is 4.39 Å². The van der Waals surface area contributed by atoms with Gasteiger partial charge in [0.2, 0.25) is 0 Å². The maximum Gasteiger partial charge on any atom is 0.191 e. The Morgan fingerprint density at radius 2 is 2.12 bits per heavy atom. The molecule has 8 heteroatoms. The van der Waals surface area contributed by atoms with Crippen LogP contribution in [-0.2, 0) is 25.1 Å². The van der Waals surface area contributed by atoms with E-state index in [-0.39, 0.29) is 29.8 Å². The van der Waals surface area contributed by atoms with Gasteiger partial charge in [0, 0.05) is 43.4 Å². The number of hydrogen-bond acceptors (Lipinski definition) is 4. The fourth-order valence-electron chi connectivity index (χ4n) is 2.37. The molecular weight excluding hydrogens is 482 g/mol. The number of aromatic nitrogens is 1. The van der Waals surface area contributed by atoms with Gasteiger partial charge in [-0.3, -0.25) is 4.99 Å². The van der Waals surface area contributed by atoms with Gasteiger partial charge >= 0.3 is 0 Å². The fourth-order valence-corrected chi connectivity index (χ4v) is 3.81. The molecule has 2 aromatic rings. The lowest BCUT2D eigenvalue weighted by molar-refractivity contribution is 0.625. The summed E-state index contributed by atoms with van der Waals surface area (Å²) in [6, 6.07) is 4.95. The van der Waals surface area contributed by atoms with E-state index in [1.165, 1.54) is 10.9 Å². The van der Waals surface area contributed by atoms with Crippen molar-refractivity contribution >= 4 is 53.0 Å². The van der Waals surface area contributed by atoms with Gasteiger partial charge < -0.3 is 10.6 Å². The fraction of sp³-hybridized carbons (Fsp3) is 0.444. The highest BCUT2D eigenvalue weighted by Crippen LogP contribution is 2.16. The van der Waals surface area contributed by atoms with Crippen LogP contribution in [0, 0.1) is 5.82 Å². The summed E-state index contributed by atoms with van der Waals surface area (Å²) in [7, 11) is 1.75. The second-order valence-corrected chi connectivity index (χ2v) is 7.59. The molecule has 0 amide bonds. The van der Waals surface area contributed by atoms with Crippen LogP contribution in [0.3, 0.4) is 0 Å². The average molecular weight is 508 g/mol. The molecule has 1 heterocycles. The first-order valence-corrected chi connectivity index (χ1v) is 10.5. The zero-order valence-electron chi connectivity index (χ0n) is 15.3. The Labute approximate surface area is 180 Å². The number of aliphatic imine (C=N–C) groups is 1. The molecular formula is C18H26FIN4S2. The molecule has 26 heavy (non-hydrogen) atoms. The lowest BCUT2D eigenvalue weighted by atomic mass is 10.1. The van der Waals surface area contributed by atoms with Crippen molar-refractivity contribution in [2.75, 3.05) is 19.8 Å². The summed E-state index contributed by atoms with van der Waals surface area (Å²) in [5.41, 5.74) is 2.11. The Balaban J connectivity index is 0.00000338. The van der Waals surface area contributed by atoms with Crippen LogP contribution in [0.2, 0.25) is 0 Å². The van der Waals surface area contributed by atoms with Crippen molar-refractivity contribution in [2.45, 2.75) is 32.1 Å². The molecule has 4 nitrogen and oxygen atoms in total. The zero-order valence-corrected chi connectivity index (χ0v) is 19.3. The van der Waals surface area contributed by atoms with Crippen molar-refractivity contribution in [1.82, 2.24) is 15.6 Å². The minimum Gasteiger partial charge on any atom is -0.356 e. The maximum atomic E-state index is 13.4. The lowest BCUT2D eigenvalue weighted by Gasteiger charge is -2.14. The Morgan fingerprint density at radius 1 is 1.31 bits per heavy atom. The third-order valence-corrected chi connectivity index (χ3v) is 5.52. The molecule has 0 spiro atoms. The molecule has 0 aliphatic rings. The van der Waals surface area contributed by atoms with Gasteiger partial charge in [-0.15, -0.1) is 35.3 Å². The molecule has 1 aromatic carbocycles. The minimum absolute atomic E-state index is 0. The van der Waals surface area contributed by atoms with Crippen molar-refractivity contribution in [3.05, 3.63) is 51.2 Å². The smallest absolute Gasteiger partial charge is 0.191 e. The molecule has 0 saturated carbocycles. The summed E-state index contributed by atoms with van der Waals surface area (Å²) in [6.45, 7) is 3.53. The number of thioether (sulfide) groups is 1. The number of hydrogen-bond donors (Lipinski definition) is 2. The van der Waals surface area contributed by atoms with Gasteiger partial charge in [-0.2, -0.15) is 11.8 Å². The highest BCUT2D eigenvalue weighted by atomic mass is 127. The van der Waals surface area contributed by atoms with Crippen LogP contribution in [0.1, 0.15) is 27.9 Å². The first kappa shape index (κ1) is 23.2. The predicted octanol–water partition coefficient (Wildman–Crippen LogP) is 4.23. The van der Waals surface area contributed by atoms with Crippen LogP contribution in [0.4, 0.5) is 4.39 Å². The molecule has 0 bridgehead atoms. The van der Waals surface area contributed by atoms with Gasteiger partial charge in [-0.05, 0) is 35.9 Å². The molecule has 0 aliphatic carbocycles. The second kappa shape index (κ2) is 12.5. The monoisotopic (exact) mass is 508 g/mol. The number of guanidine groups is 1. The molecule has 2 N–H and O–H groups in total. The third kappa shape index (κ3) is 7.40.